The lowest BCUT2D eigenvalue weighted by Crippen LogP contribution is -2.15. The second-order valence-corrected chi connectivity index (χ2v) is 3.98. The first-order valence-corrected chi connectivity index (χ1v) is 5.53. The highest BCUT2D eigenvalue weighted by atomic mass is 16.6. The Morgan fingerprint density at radius 1 is 1.47 bits per heavy atom. The molecule has 0 unspecified atom stereocenters. The monoisotopic (exact) mass is 207 g/mol. The average molecular weight is 207 g/mol. The molecule has 0 fully saturated rings. The second-order valence-electron chi connectivity index (χ2n) is 3.98. The molecule has 0 bridgehead atoms. The summed E-state index contributed by atoms with van der Waals surface area (Å²) >= 11 is 0. The van der Waals surface area contributed by atoms with Gasteiger partial charge in [0.15, 0.2) is 0 Å². The molecule has 0 aliphatic heterocycles. The van der Waals surface area contributed by atoms with Crippen molar-refractivity contribution >= 4 is 0 Å². The predicted octanol–water partition coefficient (Wildman–Crippen LogP) is 1.97. The Morgan fingerprint density at radius 3 is 3.07 bits per heavy atom. The van der Waals surface area contributed by atoms with Gasteiger partial charge in [0.25, 0.3) is 0 Å². The molecule has 1 heterocycles. The molecule has 0 spiro atoms. The summed E-state index contributed by atoms with van der Waals surface area (Å²) in [6.45, 7) is 3.67. The Balaban J connectivity index is 1.65. The zero-order chi connectivity index (χ0) is 10.5. The predicted molar refractivity (Wildman–Crippen MR) is 57.3 cm³/mol. The maximum atomic E-state index is 4.62. The molecule has 4 nitrogen and oxygen atoms in total. The highest BCUT2D eigenvalue weighted by Crippen LogP contribution is 2.19. The van der Waals surface area contributed by atoms with Gasteiger partial charge in [-0.25, -0.2) is 4.63 Å². The number of aromatic nitrogens is 2. The molecule has 4 heteroatoms. The summed E-state index contributed by atoms with van der Waals surface area (Å²) in [6, 6.07) is 0. The van der Waals surface area contributed by atoms with E-state index in [1.807, 2.05) is 6.92 Å². The van der Waals surface area contributed by atoms with Crippen molar-refractivity contribution in [1.29, 1.82) is 0 Å². The third-order valence-corrected chi connectivity index (χ3v) is 2.80. The lowest BCUT2D eigenvalue weighted by molar-refractivity contribution is 0.300. The summed E-state index contributed by atoms with van der Waals surface area (Å²) in [6.07, 6.45) is 7.41. The van der Waals surface area contributed by atoms with Crippen molar-refractivity contribution in [3.8, 4) is 0 Å². The molecule has 15 heavy (non-hydrogen) atoms. The van der Waals surface area contributed by atoms with Gasteiger partial charge in [0.05, 0.1) is 0 Å². The van der Waals surface area contributed by atoms with Crippen LogP contribution in [-0.4, -0.2) is 16.9 Å². The minimum atomic E-state index is 0.753. The molecule has 0 saturated carbocycles. The second kappa shape index (κ2) is 5.07. The zero-order valence-electron chi connectivity index (χ0n) is 9.12. The van der Waals surface area contributed by atoms with Gasteiger partial charge in [-0.1, -0.05) is 22.0 Å². The van der Waals surface area contributed by atoms with E-state index in [4.69, 9.17) is 0 Å². The number of aryl methyl sites for hydroxylation is 1. The van der Waals surface area contributed by atoms with Gasteiger partial charge in [-0.15, -0.1) is 0 Å². The van der Waals surface area contributed by atoms with Crippen molar-refractivity contribution in [2.75, 3.05) is 6.54 Å². The normalized spacial score (nSPS) is 15.7. The van der Waals surface area contributed by atoms with Gasteiger partial charge in [0.2, 0.25) is 0 Å². The van der Waals surface area contributed by atoms with Gasteiger partial charge < -0.3 is 5.32 Å². The van der Waals surface area contributed by atoms with Gasteiger partial charge in [0, 0.05) is 6.54 Å². The van der Waals surface area contributed by atoms with Crippen molar-refractivity contribution in [3.63, 3.8) is 0 Å². The summed E-state index contributed by atoms with van der Waals surface area (Å²) < 4.78 is 4.62. The summed E-state index contributed by atoms with van der Waals surface area (Å²) in [5.74, 6) is 0. The molecule has 0 atom stereocenters. The van der Waals surface area contributed by atoms with Crippen LogP contribution in [0.25, 0.3) is 0 Å². The molecule has 0 amide bonds. The molecule has 82 valence electrons. The van der Waals surface area contributed by atoms with E-state index < -0.39 is 0 Å². The Bertz CT molecular complexity index is 343. The van der Waals surface area contributed by atoms with Crippen molar-refractivity contribution in [1.82, 2.24) is 15.6 Å². The molecule has 1 aliphatic rings. The molecule has 2 rings (SSSR count). The molecule has 0 saturated heterocycles. The smallest absolute Gasteiger partial charge is 0.121 e. The Hall–Kier alpha value is -1.16. The van der Waals surface area contributed by atoms with Crippen LogP contribution in [0.1, 0.15) is 37.1 Å². The van der Waals surface area contributed by atoms with Crippen LogP contribution in [0.2, 0.25) is 0 Å². The quantitative estimate of drug-likeness (QED) is 0.592. The third kappa shape index (κ3) is 2.89. The largest absolute Gasteiger partial charge is 0.311 e. The van der Waals surface area contributed by atoms with E-state index in [2.05, 4.69) is 26.3 Å². The molecule has 0 radical (unpaired) electrons. The lowest BCUT2D eigenvalue weighted by Gasteiger charge is -2.03. The highest BCUT2D eigenvalue weighted by molar-refractivity contribution is 5.08. The maximum Gasteiger partial charge on any atom is 0.121 e. The molecule has 1 aromatic rings. The van der Waals surface area contributed by atoms with Crippen LogP contribution in [0, 0.1) is 6.92 Å². The number of nitrogens with zero attached hydrogens (tertiary/aromatic N) is 2. The standard InChI is InChI=1S/C11H17N3O/c1-9-11(14-15-13-9)8-12-7-6-10-4-2-3-5-10/h4,12H,2-3,5-8H2,1H3. The van der Waals surface area contributed by atoms with Gasteiger partial charge in [-0.2, -0.15) is 0 Å². The number of hydrogen-bond acceptors (Lipinski definition) is 4. The molecule has 0 aromatic carbocycles. The van der Waals surface area contributed by atoms with Crippen LogP contribution < -0.4 is 5.32 Å². The lowest BCUT2D eigenvalue weighted by atomic mass is 10.2. The van der Waals surface area contributed by atoms with Crippen molar-refractivity contribution in [3.05, 3.63) is 23.0 Å². The fraction of sp³-hybridized carbons (Fsp3) is 0.636. The van der Waals surface area contributed by atoms with Crippen LogP contribution in [0.3, 0.4) is 0 Å². The maximum absolute atomic E-state index is 4.62. The fourth-order valence-corrected chi connectivity index (χ4v) is 1.83. The molecular formula is C11H17N3O. The number of allylic oxidation sites excluding steroid dienone is 1. The first kappa shape index (κ1) is 10.4. The Labute approximate surface area is 89.7 Å². The molecule has 1 aliphatic carbocycles. The van der Waals surface area contributed by atoms with Gasteiger partial charge >= 0.3 is 0 Å². The van der Waals surface area contributed by atoms with E-state index in [0.717, 1.165) is 30.9 Å². The van der Waals surface area contributed by atoms with Crippen molar-refractivity contribution in [2.24, 2.45) is 0 Å². The first-order valence-electron chi connectivity index (χ1n) is 5.53. The number of hydrogen-bond donors (Lipinski definition) is 1. The van der Waals surface area contributed by atoms with Crippen LogP contribution in [0.15, 0.2) is 16.3 Å². The minimum Gasteiger partial charge on any atom is -0.311 e. The van der Waals surface area contributed by atoms with E-state index >= 15 is 0 Å². The zero-order valence-corrected chi connectivity index (χ0v) is 9.12. The van der Waals surface area contributed by atoms with Gasteiger partial charge in [-0.05, 0) is 39.2 Å². The van der Waals surface area contributed by atoms with Gasteiger partial charge in [-0.3, -0.25) is 0 Å². The van der Waals surface area contributed by atoms with E-state index in [9.17, 15) is 0 Å². The van der Waals surface area contributed by atoms with Gasteiger partial charge in [0.1, 0.15) is 11.4 Å². The SMILES string of the molecule is Cc1nonc1CNCCC1=CCCC1. The fourth-order valence-electron chi connectivity index (χ4n) is 1.83. The van der Waals surface area contributed by atoms with E-state index in [1.165, 1.54) is 19.3 Å². The molecule has 1 N–H and O–H groups in total. The average Bonchev–Trinajstić information content (AvgIpc) is 2.85. The number of nitrogens with one attached hydrogen (secondary N) is 1. The topological polar surface area (TPSA) is 51.0 Å². The summed E-state index contributed by atoms with van der Waals surface area (Å²) in [4.78, 5) is 0. The summed E-state index contributed by atoms with van der Waals surface area (Å²) in [7, 11) is 0. The third-order valence-electron chi connectivity index (χ3n) is 2.80. The first-order chi connectivity index (χ1) is 7.36. The van der Waals surface area contributed by atoms with Crippen LogP contribution in [0.5, 0.6) is 0 Å². The summed E-state index contributed by atoms with van der Waals surface area (Å²) in [5, 5.41) is 10.9. The number of rotatable bonds is 5. The Kier molecular flexibility index (Phi) is 3.50. The van der Waals surface area contributed by atoms with Crippen LogP contribution >= 0.6 is 0 Å². The molecule has 1 aromatic heterocycles. The van der Waals surface area contributed by atoms with Crippen LogP contribution in [-0.2, 0) is 6.54 Å². The molecular weight excluding hydrogens is 190 g/mol. The minimum absolute atomic E-state index is 0.753. The van der Waals surface area contributed by atoms with E-state index in [0.29, 0.717) is 0 Å². The Morgan fingerprint density at radius 2 is 2.40 bits per heavy atom. The van der Waals surface area contributed by atoms with Crippen LogP contribution in [0.4, 0.5) is 0 Å². The van der Waals surface area contributed by atoms with E-state index in [-0.39, 0.29) is 0 Å². The van der Waals surface area contributed by atoms with E-state index in [1.54, 1.807) is 5.57 Å². The van der Waals surface area contributed by atoms with Crippen molar-refractivity contribution < 1.29 is 4.63 Å². The summed E-state index contributed by atoms with van der Waals surface area (Å²) in [5.41, 5.74) is 3.38. The van der Waals surface area contributed by atoms with Crippen molar-refractivity contribution in [2.45, 2.75) is 39.2 Å². The highest BCUT2D eigenvalue weighted by Gasteiger charge is 2.05.